The number of methoxy groups -OCH3 is 1. The van der Waals surface area contributed by atoms with Crippen LogP contribution in [0.3, 0.4) is 0 Å². The van der Waals surface area contributed by atoms with Gasteiger partial charge in [-0.2, -0.15) is 0 Å². The van der Waals surface area contributed by atoms with Crippen LogP contribution in [0.1, 0.15) is 11.1 Å². The van der Waals surface area contributed by atoms with E-state index in [1.54, 1.807) is 7.11 Å². The van der Waals surface area contributed by atoms with Crippen LogP contribution in [-0.2, 0) is 11.3 Å². The van der Waals surface area contributed by atoms with E-state index < -0.39 is 0 Å². The van der Waals surface area contributed by atoms with Crippen molar-refractivity contribution in [3.05, 3.63) is 32.8 Å². The number of hydrogen-bond acceptors (Lipinski definition) is 1. The third-order valence-electron chi connectivity index (χ3n) is 1.68. The van der Waals surface area contributed by atoms with Crippen molar-refractivity contribution in [2.75, 3.05) is 7.11 Å². The minimum absolute atomic E-state index is 0.610. The molecule has 0 unspecified atom stereocenters. The van der Waals surface area contributed by atoms with Crippen molar-refractivity contribution in [2.24, 2.45) is 0 Å². The van der Waals surface area contributed by atoms with Crippen molar-refractivity contribution in [3.8, 4) is 0 Å². The van der Waals surface area contributed by atoms with Gasteiger partial charge in [-0.05, 0) is 46.1 Å². The van der Waals surface area contributed by atoms with E-state index in [1.807, 2.05) is 19.1 Å². The van der Waals surface area contributed by atoms with Crippen molar-refractivity contribution in [1.29, 1.82) is 0 Å². The number of hydrogen-bond donors (Lipinski definition) is 0. The molecule has 1 nitrogen and oxygen atoms in total. The molecular formula is C9H10BrClO. The summed E-state index contributed by atoms with van der Waals surface area (Å²) in [5, 5.41) is 0.729. The smallest absolute Gasteiger partial charge is 0.0716 e. The average molecular weight is 250 g/mol. The Hall–Kier alpha value is -0.0500. The van der Waals surface area contributed by atoms with Crippen LogP contribution < -0.4 is 0 Å². The molecule has 0 saturated heterocycles. The van der Waals surface area contributed by atoms with Crippen LogP contribution in [-0.4, -0.2) is 7.11 Å². The second kappa shape index (κ2) is 4.26. The zero-order chi connectivity index (χ0) is 9.14. The van der Waals surface area contributed by atoms with E-state index in [0.717, 1.165) is 15.1 Å². The second-order valence-corrected chi connectivity index (χ2v) is 3.89. The lowest BCUT2D eigenvalue weighted by atomic mass is 10.1. The third kappa shape index (κ3) is 2.22. The topological polar surface area (TPSA) is 9.23 Å². The predicted octanol–water partition coefficient (Wildman–Crippen LogP) is 3.56. The molecule has 0 saturated carbocycles. The van der Waals surface area contributed by atoms with Crippen LogP contribution in [0.25, 0.3) is 0 Å². The molecule has 1 rings (SSSR count). The molecule has 0 aliphatic heterocycles. The largest absolute Gasteiger partial charge is 0.380 e. The van der Waals surface area contributed by atoms with Gasteiger partial charge in [-0.25, -0.2) is 0 Å². The minimum atomic E-state index is 0.610. The van der Waals surface area contributed by atoms with Crippen molar-refractivity contribution in [1.82, 2.24) is 0 Å². The van der Waals surface area contributed by atoms with E-state index in [-0.39, 0.29) is 0 Å². The summed E-state index contributed by atoms with van der Waals surface area (Å²) in [6.07, 6.45) is 0. The van der Waals surface area contributed by atoms with E-state index in [2.05, 4.69) is 15.9 Å². The zero-order valence-corrected chi connectivity index (χ0v) is 9.37. The summed E-state index contributed by atoms with van der Waals surface area (Å²) in [7, 11) is 1.68. The standard InChI is InChI=1S/C9H10BrClO/c1-6-3-8(10)9(11)4-7(6)5-12-2/h3-4H,5H2,1-2H3. The Bertz CT molecular complexity index is 286. The first kappa shape index (κ1) is 10.0. The van der Waals surface area contributed by atoms with Crippen molar-refractivity contribution >= 4 is 27.5 Å². The highest BCUT2D eigenvalue weighted by molar-refractivity contribution is 9.10. The minimum Gasteiger partial charge on any atom is -0.380 e. The van der Waals surface area contributed by atoms with Crippen LogP contribution in [0.5, 0.6) is 0 Å². The van der Waals surface area contributed by atoms with Gasteiger partial charge in [0.1, 0.15) is 0 Å². The van der Waals surface area contributed by atoms with Crippen LogP contribution in [0.2, 0.25) is 5.02 Å². The lowest BCUT2D eigenvalue weighted by Crippen LogP contribution is -1.91. The van der Waals surface area contributed by atoms with Gasteiger partial charge >= 0.3 is 0 Å². The molecule has 0 heterocycles. The van der Waals surface area contributed by atoms with Gasteiger partial charge in [-0.15, -0.1) is 0 Å². The van der Waals surface area contributed by atoms with Crippen molar-refractivity contribution in [3.63, 3.8) is 0 Å². The van der Waals surface area contributed by atoms with Gasteiger partial charge in [0.2, 0.25) is 0 Å². The maximum atomic E-state index is 5.92. The van der Waals surface area contributed by atoms with E-state index in [0.29, 0.717) is 6.61 Å². The first-order chi connectivity index (χ1) is 5.65. The molecule has 0 fully saturated rings. The summed E-state index contributed by atoms with van der Waals surface area (Å²) in [4.78, 5) is 0. The van der Waals surface area contributed by atoms with Crippen molar-refractivity contribution in [2.45, 2.75) is 13.5 Å². The Morgan fingerprint density at radius 2 is 2.17 bits per heavy atom. The Balaban J connectivity index is 3.05. The van der Waals surface area contributed by atoms with E-state index in [4.69, 9.17) is 16.3 Å². The number of halogens is 2. The molecule has 0 radical (unpaired) electrons. The van der Waals surface area contributed by atoms with Gasteiger partial charge in [-0.1, -0.05) is 11.6 Å². The van der Waals surface area contributed by atoms with E-state index in [1.165, 1.54) is 5.56 Å². The first-order valence-electron chi connectivity index (χ1n) is 3.58. The summed E-state index contributed by atoms with van der Waals surface area (Å²) in [6.45, 7) is 2.65. The van der Waals surface area contributed by atoms with Crippen molar-refractivity contribution < 1.29 is 4.74 Å². The quantitative estimate of drug-likeness (QED) is 0.779. The Labute approximate surface area is 85.8 Å². The number of aryl methyl sites for hydroxylation is 1. The number of benzene rings is 1. The molecule has 3 heteroatoms. The van der Waals surface area contributed by atoms with Crippen LogP contribution in [0.15, 0.2) is 16.6 Å². The maximum absolute atomic E-state index is 5.92. The van der Waals surface area contributed by atoms with Crippen LogP contribution >= 0.6 is 27.5 Å². The molecule has 1 aromatic carbocycles. The van der Waals surface area contributed by atoms with Gasteiger partial charge in [0.25, 0.3) is 0 Å². The average Bonchev–Trinajstić information content (AvgIpc) is 2.01. The molecule has 66 valence electrons. The van der Waals surface area contributed by atoms with Crippen LogP contribution in [0, 0.1) is 6.92 Å². The fourth-order valence-corrected chi connectivity index (χ4v) is 1.64. The summed E-state index contributed by atoms with van der Waals surface area (Å²) < 4.78 is 5.96. The van der Waals surface area contributed by atoms with Gasteiger partial charge < -0.3 is 4.74 Å². The summed E-state index contributed by atoms with van der Waals surface area (Å²) in [6, 6.07) is 3.92. The number of ether oxygens (including phenoxy) is 1. The Morgan fingerprint density at radius 1 is 1.50 bits per heavy atom. The Morgan fingerprint density at radius 3 is 2.75 bits per heavy atom. The highest BCUT2D eigenvalue weighted by atomic mass is 79.9. The zero-order valence-electron chi connectivity index (χ0n) is 7.03. The van der Waals surface area contributed by atoms with Gasteiger partial charge in [0, 0.05) is 11.6 Å². The monoisotopic (exact) mass is 248 g/mol. The molecule has 0 bridgehead atoms. The van der Waals surface area contributed by atoms with E-state index in [9.17, 15) is 0 Å². The molecule has 12 heavy (non-hydrogen) atoms. The molecule has 0 N–H and O–H groups in total. The molecule has 0 aliphatic rings. The maximum Gasteiger partial charge on any atom is 0.0716 e. The third-order valence-corrected chi connectivity index (χ3v) is 2.88. The molecular weight excluding hydrogens is 239 g/mol. The highest BCUT2D eigenvalue weighted by Crippen LogP contribution is 2.26. The Kier molecular flexibility index (Phi) is 3.56. The molecule has 0 aliphatic carbocycles. The molecule has 0 aromatic heterocycles. The summed E-state index contributed by atoms with van der Waals surface area (Å²) >= 11 is 9.28. The summed E-state index contributed by atoms with van der Waals surface area (Å²) in [5.74, 6) is 0. The lowest BCUT2D eigenvalue weighted by Gasteiger charge is -2.06. The van der Waals surface area contributed by atoms with Crippen LogP contribution in [0.4, 0.5) is 0 Å². The molecule has 0 atom stereocenters. The fraction of sp³-hybridized carbons (Fsp3) is 0.333. The normalized spacial score (nSPS) is 10.3. The van der Waals surface area contributed by atoms with Gasteiger partial charge in [0.05, 0.1) is 11.6 Å². The SMILES string of the molecule is COCc1cc(Cl)c(Br)cc1C. The first-order valence-corrected chi connectivity index (χ1v) is 4.75. The molecule has 0 amide bonds. The van der Waals surface area contributed by atoms with E-state index >= 15 is 0 Å². The fourth-order valence-electron chi connectivity index (χ4n) is 0.998. The summed E-state index contributed by atoms with van der Waals surface area (Å²) in [5.41, 5.74) is 2.32. The van der Waals surface area contributed by atoms with Gasteiger partial charge in [0.15, 0.2) is 0 Å². The predicted molar refractivity (Wildman–Crippen MR) is 54.6 cm³/mol. The molecule has 1 aromatic rings. The highest BCUT2D eigenvalue weighted by Gasteiger charge is 2.02. The van der Waals surface area contributed by atoms with Gasteiger partial charge in [-0.3, -0.25) is 0 Å². The lowest BCUT2D eigenvalue weighted by molar-refractivity contribution is 0.184. The number of rotatable bonds is 2. The second-order valence-electron chi connectivity index (χ2n) is 2.63. The molecule has 0 spiro atoms.